The Hall–Kier alpha value is -0.560. The lowest BCUT2D eigenvalue weighted by atomic mass is 10.1. The highest BCUT2D eigenvalue weighted by atomic mass is 15.1. The van der Waals surface area contributed by atoms with Crippen LogP contribution in [0.3, 0.4) is 0 Å². The normalized spacial score (nSPS) is 10.2. The van der Waals surface area contributed by atoms with Crippen molar-refractivity contribution in [3.05, 3.63) is 24.8 Å². The molecule has 0 aliphatic rings. The van der Waals surface area contributed by atoms with Crippen molar-refractivity contribution in [2.24, 2.45) is 0 Å². The number of nitrogens with zero attached hydrogens (tertiary/aromatic N) is 1. The molecule has 0 bridgehead atoms. The summed E-state index contributed by atoms with van der Waals surface area (Å²) in [5.41, 5.74) is 1.15. The van der Waals surface area contributed by atoms with E-state index in [1.165, 1.54) is 13.0 Å². The summed E-state index contributed by atoms with van der Waals surface area (Å²) >= 11 is 0. The van der Waals surface area contributed by atoms with Gasteiger partial charge < -0.3 is 4.90 Å². The third-order valence-corrected chi connectivity index (χ3v) is 2.16. The van der Waals surface area contributed by atoms with Crippen LogP contribution < -0.4 is 0 Å². The minimum absolute atomic E-state index is 1.08. The molecule has 0 unspecified atom stereocenters. The molecule has 0 N–H and O–H groups in total. The highest BCUT2D eigenvalue weighted by Gasteiger charge is 1.97. The molecule has 0 atom stereocenters. The van der Waals surface area contributed by atoms with E-state index in [1.807, 2.05) is 6.08 Å². The summed E-state index contributed by atoms with van der Waals surface area (Å²) < 4.78 is 0. The van der Waals surface area contributed by atoms with Gasteiger partial charge in [0.05, 0.1) is 0 Å². The Balaban J connectivity index is 3.40. The lowest BCUT2D eigenvalue weighted by Gasteiger charge is -2.17. The summed E-state index contributed by atoms with van der Waals surface area (Å²) in [7, 11) is 0. The smallest absolute Gasteiger partial charge is 0.00158 e. The Labute approximate surface area is 76.8 Å². The van der Waals surface area contributed by atoms with Gasteiger partial charge in [-0.3, -0.25) is 0 Å². The first-order chi connectivity index (χ1) is 5.74. The molecule has 70 valence electrons. The second kappa shape index (κ2) is 7.11. The predicted molar refractivity (Wildman–Crippen MR) is 56.4 cm³/mol. The molecule has 0 fully saturated rings. The Kier molecular flexibility index (Phi) is 6.78. The van der Waals surface area contributed by atoms with E-state index in [0.29, 0.717) is 0 Å². The van der Waals surface area contributed by atoms with E-state index in [4.69, 9.17) is 0 Å². The topological polar surface area (TPSA) is 3.24 Å². The van der Waals surface area contributed by atoms with Crippen LogP contribution in [-0.4, -0.2) is 24.5 Å². The molecule has 0 spiro atoms. The van der Waals surface area contributed by atoms with Crippen LogP contribution in [0.1, 0.15) is 26.7 Å². The minimum Gasteiger partial charge on any atom is -0.304 e. The van der Waals surface area contributed by atoms with Crippen molar-refractivity contribution in [2.75, 3.05) is 19.6 Å². The van der Waals surface area contributed by atoms with Crippen molar-refractivity contribution in [3.8, 4) is 0 Å². The summed E-state index contributed by atoms with van der Waals surface area (Å²) in [6, 6.07) is 0. The van der Waals surface area contributed by atoms with E-state index in [9.17, 15) is 0 Å². The number of hydrogen-bond acceptors (Lipinski definition) is 1. The fourth-order valence-electron chi connectivity index (χ4n) is 1.17. The van der Waals surface area contributed by atoms with Gasteiger partial charge >= 0.3 is 0 Å². The van der Waals surface area contributed by atoms with Gasteiger partial charge in [0.25, 0.3) is 0 Å². The van der Waals surface area contributed by atoms with Gasteiger partial charge in [-0.05, 0) is 32.5 Å². The molecular formula is C11H21N. The number of allylic oxidation sites excluding steroid dienone is 2. The second-order valence-electron chi connectivity index (χ2n) is 2.99. The van der Waals surface area contributed by atoms with E-state index < -0.39 is 0 Å². The number of rotatable bonds is 7. The Morgan fingerprint density at radius 1 is 1.33 bits per heavy atom. The quantitative estimate of drug-likeness (QED) is 0.527. The average Bonchev–Trinajstić information content (AvgIpc) is 2.12. The number of hydrogen-bond donors (Lipinski definition) is 0. The van der Waals surface area contributed by atoms with Crippen molar-refractivity contribution < 1.29 is 0 Å². The van der Waals surface area contributed by atoms with Crippen molar-refractivity contribution in [1.29, 1.82) is 0 Å². The van der Waals surface area contributed by atoms with Crippen molar-refractivity contribution in [3.63, 3.8) is 0 Å². The fourth-order valence-corrected chi connectivity index (χ4v) is 1.17. The molecule has 12 heavy (non-hydrogen) atoms. The van der Waals surface area contributed by atoms with Crippen LogP contribution in [0.25, 0.3) is 0 Å². The lowest BCUT2D eigenvalue weighted by Crippen LogP contribution is -2.23. The van der Waals surface area contributed by atoms with Crippen LogP contribution in [0.5, 0.6) is 0 Å². The maximum absolute atomic E-state index is 3.89. The molecule has 0 amide bonds. The zero-order chi connectivity index (χ0) is 9.40. The Bertz CT molecular complexity index is 134. The molecular weight excluding hydrogens is 146 g/mol. The molecule has 0 radical (unpaired) electrons. The molecule has 0 saturated heterocycles. The van der Waals surface area contributed by atoms with Gasteiger partial charge in [0.15, 0.2) is 0 Å². The van der Waals surface area contributed by atoms with Crippen molar-refractivity contribution >= 4 is 0 Å². The van der Waals surface area contributed by atoms with Gasteiger partial charge in [-0.2, -0.15) is 0 Å². The fraction of sp³-hybridized carbons (Fsp3) is 0.636. The van der Waals surface area contributed by atoms with Crippen LogP contribution in [-0.2, 0) is 0 Å². The Morgan fingerprint density at radius 2 is 1.92 bits per heavy atom. The molecule has 0 aromatic carbocycles. The summed E-state index contributed by atoms with van der Waals surface area (Å²) in [5.74, 6) is 0. The van der Waals surface area contributed by atoms with E-state index in [2.05, 4.69) is 31.9 Å². The van der Waals surface area contributed by atoms with E-state index in [0.717, 1.165) is 25.1 Å². The average molecular weight is 167 g/mol. The van der Waals surface area contributed by atoms with Gasteiger partial charge in [-0.15, -0.1) is 0 Å². The zero-order valence-corrected chi connectivity index (χ0v) is 8.47. The molecule has 0 aromatic heterocycles. The molecule has 1 nitrogen and oxygen atoms in total. The van der Waals surface area contributed by atoms with Gasteiger partial charge in [0, 0.05) is 0 Å². The first-order valence-corrected chi connectivity index (χ1v) is 4.77. The standard InChI is InChI=1S/C11H21N/c1-5-11(4)9-8-10-12(6-2)7-3/h5H,1,4,6-10H2,2-3H3. The van der Waals surface area contributed by atoms with E-state index in [-0.39, 0.29) is 0 Å². The van der Waals surface area contributed by atoms with Crippen molar-refractivity contribution in [2.45, 2.75) is 26.7 Å². The van der Waals surface area contributed by atoms with Gasteiger partial charge in [0.2, 0.25) is 0 Å². The SMILES string of the molecule is C=CC(=C)CCCN(CC)CC. The third kappa shape index (κ3) is 5.14. The molecule has 0 aliphatic heterocycles. The van der Waals surface area contributed by atoms with Gasteiger partial charge in [-0.25, -0.2) is 0 Å². The maximum Gasteiger partial charge on any atom is -0.00158 e. The highest BCUT2D eigenvalue weighted by molar-refractivity contribution is 5.10. The zero-order valence-electron chi connectivity index (χ0n) is 8.47. The van der Waals surface area contributed by atoms with Crippen LogP contribution in [0.4, 0.5) is 0 Å². The van der Waals surface area contributed by atoms with Gasteiger partial charge in [-0.1, -0.05) is 38.7 Å². The lowest BCUT2D eigenvalue weighted by molar-refractivity contribution is 0.300. The molecule has 1 heteroatoms. The monoisotopic (exact) mass is 167 g/mol. The molecule has 0 aromatic rings. The van der Waals surface area contributed by atoms with Crippen LogP contribution >= 0.6 is 0 Å². The largest absolute Gasteiger partial charge is 0.304 e. The highest BCUT2D eigenvalue weighted by Crippen LogP contribution is 2.03. The summed E-state index contributed by atoms with van der Waals surface area (Å²) in [5, 5.41) is 0. The first-order valence-electron chi connectivity index (χ1n) is 4.77. The molecule has 0 heterocycles. The third-order valence-electron chi connectivity index (χ3n) is 2.16. The second-order valence-corrected chi connectivity index (χ2v) is 2.99. The van der Waals surface area contributed by atoms with E-state index >= 15 is 0 Å². The summed E-state index contributed by atoms with van der Waals surface area (Å²) in [6.07, 6.45) is 4.13. The van der Waals surface area contributed by atoms with Gasteiger partial charge in [0.1, 0.15) is 0 Å². The maximum atomic E-state index is 3.89. The van der Waals surface area contributed by atoms with Crippen LogP contribution in [0, 0.1) is 0 Å². The molecule has 0 saturated carbocycles. The molecule has 0 aliphatic carbocycles. The summed E-state index contributed by atoms with van der Waals surface area (Å²) in [4.78, 5) is 2.43. The Morgan fingerprint density at radius 3 is 2.33 bits per heavy atom. The van der Waals surface area contributed by atoms with E-state index in [1.54, 1.807) is 0 Å². The first kappa shape index (κ1) is 11.4. The molecule has 0 rings (SSSR count). The van der Waals surface area contributed by atoms with Crippen LogP contribution in [0.2, 0.25) is 0 Å². The summed E-state index contributed by atoms with van der Waals surface area (Å²) in [6.45, 7) is 15.5. The van der Waals surface area contributed by atoms with Crippen LogP contribution in [0.15, 0.2) is 24.8 Å². The minimum atomic E-state index is 1.08. The predicted octanol–water partition coefficient (Wildman–Crippen LogP) is 2.85. The van der Waals surface area contributed by atoms with Crippen molar-refractivity contribution in [1.82, 2.24) is 4.90 Å².